The molecule has 0 spiro atoms. The highest BCUT2D eigenvalue weighted by Crippen LogP contribution is 2.53. The van der Waals surface area contributed by atoms with Crippen molar-refractivity contribution in [1.29, 1.82) is 0 Å². The Labute approximate surface area is 181 Å². The summed E-state index contributed by atoms with van der Waals surface area (Å²) in [6, 6.07) is 0. The topological polar surface area (TPSA) is 52.6 Å². The van der Waals surface area contributed by atoms with Gasteiger partial charge in [-0.15, -0.1) is 0 Å². The van der Waals surface area contributed by atoms with E-state index in [4.69, 9.17) is 8.61 Å². The SMILES string of the molecule is CC(C)=CC[C@]1(C)C(OS(=O)(=O)C(F)(F)F)=C(C(C)C)C[C@H]1O[Si](C)(C)C(C)(C)C. The first-order valence-electron chi connectivity index (χ1n) is 10.2. The van der Waals surface area contributed by atoms with Crippen LogP contribution in [0.4, 0.5) is 13.2 Å². The fourth-order valence-corrected chi connectivity index (χ4v) is 5.20. The lowest BCUT2D eigenvalue weighted by molar-refractivity contribution is -0.0540. The summed E-state index contributed by atoms with van der Waals surface area (Å²) in [6.45, 7) is 19.6. The fraction of sp³-hybridized carbons (Fsp3) is 0.810. The first-order chi connectivity index (χ1) is 13.2. The number of alkyl halides is 3. The van der Waals surface area contributed by atoms with Gasteiger partial charge in [0, 0.05) is 0 Å². The number of rotatable bonds is 7. The van der Waals surface area contributed by atoms with E-state index in [2.05, 4.69) is 33.9 Å². The van der Waals surface area contributed by atoms with Crippen LogP contribution in [0, 0.1) is 11.3 Å². The predicted octanol–water partition coefficient (Wildman–Crippen LogP) is 6.92. The highest BCUT2D eigenvalue weighted by Gasteiger charge is 2.56. The van der Waals surface area contributed by atoms with Crippen LogP contribution in [0.25, 0.3) is 0 Å². The van der Waals surface area contributed by atoms with Crippen molar-refractivity contribution < 1.29 is 30.2 Å². The molecule has 0 aliphatic heterocycles. The minimum atomic E-state index is -5.78. The molecule has 176 valence electrons. The van der Waals surface area contributed by atoms with Gasteiger partial charge >= 0.3 is 15.6 Å². The van der Waals surface area contributed by atoms with Crippen LogP contribution < -0.4 is 0 Å². The number of hydrogen-bond donors (Lipinski definition) is 0. The van der Waals surface area contributed by atoms with E-state index in [-0.39, 0.29) is 16.7 Å². The Balaban J connectivity index is 3.59. The summed E-state index contributed by atoms with van der Waals surface area (Å²) in [4.78, 5) is 0. The Morgan fingerprint density at radius 1 is 1.23 bits per heavy atom. The highest BCUT2D eigenvalue weighted by atomic mass is 32.2. The van der Waals surface area contributed by atoms with Crippen molar-refractivity contribution in [3.8, 4) is 0 Å². The maximum atomic E-state index is 13.1. The summed E-state index contributed by atoms with van der Waals surface area (Å²) in [5.74, 6) is -0.293. The third-order valence-corrected chi connectivity index (χ3v) is 11.7. The van der Waals surface area contributed by atoms with Crippen molar-refractivity contribution in [3.05, 3.63) is 23.0 Å². The van der Waals surface area contributed by atoms with Crippen molar-refractivity contribution in [1.82, 2.24) is 0 Å². The summed E-state index contributed by atoms with van der Waals surface area (Å²) in [6.07, 6.45) is 2.10. The molecular formula is C21H37F3O4SSi. The molecule has 0 bridgehead atoms. The number of allylic oxidation sites excluding steroid dienone is 2. The van der Waals surface area contributed by atoms with E-state index in [9.17, 15) is 21.6 Å². The molecule has 0 N–H and O–H groups in total. The molecule has 0 radical (unpaired) electrons. The lowest BCUT2D eigenvalue weighted by Gasteiger charge is -2.43. The monoisotopic (exact) mass is 470 g/mol. The second-order valence-corrected chi connectivity index (χ2v) is 16.8. The van der Waals surface area contributed by atoms with Crippen LogP contribution in [-0.4, -0.2) is 28.3 Å². The molecule has 0 saturated heterocycles. The zero-order chi connectivity index (χ0) is 23.9. The van der Waals surface area contributed by atoms with Crippen molar-refractivity contribution in [2.24, 2.45) is 11.3 Å². The minimum Gasteiger partial charge on any atom is -0.413 e. The van der Waals surface area contributed by atoms with E-state index < -0.39 is 35.5 Å². The summed E-state index contributed by atoms with van der Waals surface area (Å²) < 4.78 is 74.7. The molecule has 0 fully saturated rings. The molecule has 0 aromatic carbocycles. The van der Waals surface area contributed by atoms with Crippen molar-refractivity contribution in [2.75, 3.05) is 0 Å². The summed E-state index contributed by atoms with van der Waals surface area (Å²) >= 11 is 0. The van der Waals surface area contributed by atoms with Gasteiger partial charge in [-0.3, -0.25) is 0 Å². The quantitative estimate of drug-likeness (QED) is 0.175. The van der Waals surface area contributed by atoms with E-state index in [0.717, 1.165) is 5.57 Å². The molecular weight excluding hydrogens is 433 g/mol. The molecule has 4 nitrogen and oxygen atoms in total. The fourth-order valence-electron chi connectivity index (χ4n) is 3.18. The molecule has 2 atom stereocenters. The van der Waals surface area contributed by atoms with Crippen LogP contribution in [0.2, 0.25) is 18.1 Å². The molecule has 0 saturated carbocycles. The van der Waals surface area contributed by atoms with Gasteiger partial charge in [-0.2, -0.15) is 21.6 Å². The largest absolute Gasteiger partial charge is 0.534 e. The van der Waals surface area contributed by atoms with Gasteiger partial charge in [0.25, 0.3) is 0 Å². The van der Waals surface area contributed by atoms with Crippen LogP contribution >= 0.6 is 0 Å². The first kappa shape index (κ1) is 27.2. The molecule has 0 amide bonds. The van der Waals surface area contributed by atoms with E-state index in [1.54, 1.807) is 6.92 Å². The summed E-state index contributed by atoms with van der Waals surface area (Å²) in [5, 5.41) is -0.107. The Bertz CT molecular complexity index is 801. The van der Waals surface area contributed by atoms with Crippen LogP contribution in [0.1, 0.15) is 68.2 Å². The van der Waals surface area contributed by atoms with Crippen molar-refractivity contribution in [3.63, 3.8) is 0 Å². The van der Waals surface area contributed by atoms with Gasteiger partial charge in [0.1, 0.15) is 5.76 Å². The summed E-state index contributed by atoms with van der Waals surface area (Å²) in [5.41, 5.74) is -4.96. The van der Waals surface area contributed by atoms with Crippen LogP contribution in [0.5, 0.6) is 0 Å². The Morgan fingerprint density at radius 2 is 1.73 bits per heavy atom. The number of hydrogen-bond acceptors (Lipinski definition) is 4. The smallest absolute Gasteiger partial charge is 0.413 e. The average Bonchev–Trinajstić information content (AvgIpc) is 2.76. The third kappa shape index (κ3) is 5.71. The predicted molar refractivity (Wildman–Crippen MR) is 117 cm³/mol. The van der Waals surface area contributed by atoms with Crippen LogP contribution in [-0.2, 0) is 18.7 Å². The summed E-state index contributed by atoms with van der Waals surface area (Å²) in [7, 11) is -8.05. The lowest BCUT2D eigenvalue weighted by atomic mass is 9.82. The van der Waals surface area contributed by atoms with Gasteiger partial charge in [0.15, 0.2) is 8.32 Å². The van der Waals surface area contributed by atoms with E-state index in [1.807, 2.05) is 33.8 Å². The molecule has 9 heteroatoms. The molecule has 1 aliphatic rings. The normalized spacial score (nSPS) is 23.9. The van der Waals surface area contributed by atoms with Crippen LogP contribution in [0.15, 0.2) is 23.0 Å². The maximum Gasteiger partial charge on any atom is 0.534 e. The Morgan fingerprint density at radius 3 is 2.10 bits per heavy atom. The van der Waals surface area contributed by atoms with Gasteiger partial charge in [0.2, 0.25) is 0 Å². The standard InChI is InChI=1S/C21H37F3O4SSi/c1-14(2)11-12-20(8)17(28-30(9,10)19(5,6)7)13-16(15(3)4)18(20)27-29(25,26)21(22,23)24/h11,15,17H,12-13H2,1-10H3/t17-,20+/m1/s1. The maximum absolute atomic E-state index is 13.1. The molecule has 1 rings (SSSR count). The van der Waals surface area contributed by atoms with Crippen LogP contribution in [0.3, 0.4) is 0 Å². The first-order valence-corrected chi connectivity index (χ1v) is 14.5. The van der Waals surface area contributed by atoms with Gasteiger partial charge in [-0.25, -0.2) is 0 Å². The molecule has 1 aliphatic carbocycles. The second-order valence-electron chi connectivity index (χ2n) is 10.5. The molecule has 0 heterocycles. The van der Waals surface area contributed by atoms with Gasteiger partial charge in [-0.05, 0) is 63.2 Å². The third-order valence-electron chi connectivity index (χ3n) is 6.28. The highest BCUT2D eigenvalue weighted by molar-refractivity contribution is 7.87. The Hall–Kier alpha value is -0.803. The average molecular weight is 471 g/mol. The zero-order valence-electron chi connectivity index (χ0n) is 19.8. The van der Waals surface area contributed by atoms with Crippen molar-refractivity contribution in [2.45, 2.75) is 98.0 Å². The lowest BCUT2D eigenvalue weighted by Crippen LogP contribution is -2.48. The zero-order valence-corrected chi connectivity index (χ0v) is 21.6. The van der Waals surface area contributed by atoms with Gasteiger partial charge in [0.05, 0.1) is 11.5 Å². The second kappa shape index (κ2) is 8.62. The van der Waals surface area contributed by atoms with Gasteiger partial charge in [-0.1, -0.05) is 46.3 Å². The van der Waals surface area contributed by atoms with E-state index >= 15 is 0 Å². The molecule has 0 unspecified atom stereocenters. The molecule has 0 aromatic rings. The Kier molecular flexibility index (Phi) is 7.82. The molecule has 0 aromatic heterocycles. The van der Waals surface area contributed by atoms with Gasteiger partial charge < -0.3 is 8.61 Å². The van der Waals surface area contributed by atoms with E-state index in [1.165, 1.54) is 0 Å². The van der Waals surface area contributed by atoms with E-state index in [0.29, 0.717) is 18.4 Å². The number of halogens is 3. The van der Waals surface area contributed by atoms with Crippen molar-refractivity contribution >= 4 is 18.4 Å². The minimum absolute atomic E-state index is 0.107. The molecule has 30 heavy (non-hydrogen) atoms.